The van der Waals surface area contributed by atoms with Crippen molar-refractivity contribution in [2.24, 2.45) is 0 Å². The summed E-state index contributed by atoms with van der Waals surface area (Å²) in [5.41, 5.74) is 12.5. The minimum absolute atomic E-state index is 0.636. The van der Waals surface area contributed by atoms with Crippen LogP contribution in [0.25, 0.3) is 100 Å². The molecule has 0 bridgehead atoms. The highest BCUT2D eigenvalue weighted by atomic mass is 16.3. The van der Waals surface area contributed by atoms with E-state index >= 15 is 0 Å². The second-order valence-corrected chi connectivity index (χ2v) is 12.6. The van der Waals surface area contributed by atoms with Crippen molar-refractivity contribution in [2.45, 2.75) is 0 Å². The number of rotatable bonds is 5. The molecule has 7 aromatic carbocycles. The monoisotopic (exact) mass is 640 g/mol. The van der Waals surface area contributed by atoms with Crippen molar-refractivity contribution in [1.29, 1.82) is 0 Å². The van der Waals surface area contributed by atoms with Gasteiger partial charge in [0.05, 0.1) is 11.4 Å². The Labute approximate surface area is 287 Å². The quantitative estimate of drug-likeness (QED) is 0.188. The van der Waals surface area contributed by atoms with Gasteiger partial charge in [0, 0.05) is 43.8 Å². The first kappa shape index (κ1) is 28.3. The number of furan rings is 2. The Morgan fingerprint density at radius 1 is 0.320 bits per heavy atom. The second-order valence-electron chi connectivity index (χ2n) is 12.6. The molecule has 234 valence electrons. The van der Waals surface area contributed by atoms with Gasteiger partial charge in [0.2, 0.25) is 0 Å². The third-order valence-electron chi connectivity index (χ3n) is 9.52. The summed E-state index contributed by atoms with van der Waals surface area (Å²) >= 11 is 0. The van der Waals surface area contributed by atoms with Gasteiger partial charge in [-0.2, -0.15) is 0 Å². The lowest BCUT2D eigenvalue weighted by molar-refractivity contribution is 0.669. The molecule has 0 aliphatic heterocycles. The van der Waals surface area contributed by atoms with Crippen LogP contribution in [0.2, 0.25) is 0 Å². The van der Waals surface area contributed by atoms with Crippen LogP contribution >= 0.6 is 0 Å². The zero-order valence-electron chi connectivity index (χ0n) is 26.9. The van der Waals surface area contributed by atoms with Crippen molar-refractivity contribution in [1.82, 2.24) is 9.97 Å². The van der Waals surface area contributed by atoms with Crippen molar-refractivity contribution >= 4 is 43.9 Å². The Morgan fingerprint density at radius 3 is 1.70 bits per heavy atom. The summed E-state index contributed by atoms with van der Waals surface area (Å²) in [6.07, 6.45) is 0. The van der Waals surface area contributed by atoms with Crippen LogP contribution in [0.1, 0.15) is 0 Å². The van der Waals surface area contributed by atoms with Crippen molar-refractivity contribution in [3.05, 3.63) is 170 Å². The van der Waals surface area contributed by atoms with E-state index in [1.165, 1.54) is 5.56 Å². The lowest BCUT2D eigenvalue weighted by atomic mass is 9.98. The predicted molar refractivity (Wildman–Crippen MR) is 204 cm³/mol. The van der Waals surface area contributed by atoms with Crippen molar-refractivity contribution in [2.75, 3.05) is 0 Å². The molecule has 10 rings (SSSR count). The first-order valence-corrected chi connectivity index (χ1v) is 16.7. The highest BCUT2D eigenvalue weighted by molar-refractivity contribution is 6.09. The average molecular weight is 641 g/mol. The van der Waals surface area contributed by atoms with Crippen molar-refractivity contribution in [3.63, 3.8) is 0 Å². The maximum absolute atomic E-state index is 6.40. The zero-order chi connectivity index (χ0) is 33.0. The van der Waals surface area contributed by atoms with Gasteiger partial charge in [-0.15, -0.1) is 0 Å². The van der Waals surface area contributed by atoms with E-state index in [2.05, 4.69) is 133 Å². The maximum atomic E-state index is 6.40. The molecule has 0 atom stereocenters. The largest absolute Gasteiger partial charge is 0.456 e. The van der Waals surface area contributed by atoms with E-state index in [-0.39, 0.29) is 0 Å². The summed E-state index contributed by atoms with van der Waals surface area (Å²) < 4.78 is 12.7. The topological polar surface area (TPSA) is 52.1 Å². The summed E-state index contributed by atoms with van der Waals surface area (Å²) in [4.78, 5) is 10.3. The average Bonchev–Trinajstić information content (AvgIpc) is 3.76. The fourth-order valence-electron chi connectivity index (χ4n) is 7.02. The molecule has 4 nitrogen and oxygen atoms in total. The molecule has 0 aliphatic carbocycles. The Balaban J connectivity index is 1.12. The normalized spacial score (nSPS) is 11.6. The third-order valence-corrected chi connectivity index (χ3v) is 9.52. The van der Waals surface area contributed by atoms with Gasteiger partial charge in [-0.25, -0.2) is 9.97 Å². The summed E-state index contributed by atoms with van der Waals surface area (Å²) in [6, 6.07) is 58.5. The number of para-hydroxylation sites is 3. The Hall–Kier alpha value is -6.78. The summed E-state index contributed by atoms with van der Waals surface area (Å²) in [5.74, 6) is 0.636. The van der Waals surface area contributed by atoms with Crippen LogP contribution < -0.4 is 0 Å². The van der Waals surface area contributed by atoms with Crippen LogP contribution in [0.4, 0.5) is 0 Å². The number of hydrogen-bond acceptors (Lipinski definition) is 4. The molecule has 3 heterocycles. The first-order chi connectivity index (χ1) is 24.7. The molecule has 50 heavy (non-hydrogen) atoms. The first-order valence-electron chi connectivity index (χ1n) is 16.7. The van der Waals surface area contributed by atoms with Crippen molar-refractivity contribution < 1.29 is 8.83 Å². The molecular weight excluding hydrogens is 613 g/mol. The number of benzene rings is 7. The van der Waals surface area contributed by atoms with Crippen LogP contribution in [-0.4, -0.2) is 9.97 Å². The Kier molecular flexibility index (Phi) is 6.46. The van der Waals surface area contributed by atoms with E-state index < -0.39 is 0 Å². The molecule has 0 aliphatic rings. The lowest BCUT2D eigenvalue weighted by Crippen LogP contribution is -1.96. The van der Waals surface area contributed by atoms with Crippen LogP contribution in [0.5, 0.6) is 0 Å². The third kappa shape index (κ3) is 4.77. The number of hydrogen-bond donors (Lipinski definition) is 0. The van der Waals surface area contributed by atoms with Crippen LogP contribution in [0, 0.1) is 0 Å². The van der Waals surface area contributed by atoms with Gasteiger partial charge in [0.25, 0.3) is 0 Å². The molecular formula is C46H28N2O2. The van der Waals surface area contributed by atoms with Gasteiger partial charge in [-0.05, 0) is 53.1 Å². The maximum Gasteiger partial charge on any atom is 0.160 e. The Bertz CT molecular complexity index is 2860. The van der Waals surface area contributed by atoms with Gasteiger partial charge < -0.3 is 8.83 Å². The van der Waals surface area contributed by atoms with Crippen molar-refractivity contribution in [3.8, 4) is 56.2 Å². The van der Waals surface area contributed by atoms with Crippen LogP contribution in [-0.2, 0) is 0 Å². The standard InChI is InChI=1S/C46H28N2O2/c1-2-10-29(11-3-1)30-20-22-31(23-21-30)40-28-41(48-46(47-40)34-24-25-38-36-14-4-6-18-42(36)49-44(38)27-34)33-13-8-12-32(26-33)35-16-9-17-39-37-15-5-7-19-43(37)50-45(35)39/h1-28H. The predicted octanol–water partition coefficient (Wildman–Crippen LogP) is 12.6. The van der Waals surface area contributed by atoms with E-state index in [4.69, 9.17) is 18.8 Å². The minimum atomic E-state index is 0.636. The van der Waals surface area contributed by atoms with E-state index in [1.807, 2.05) is 36.4 Å². The van der Waals surface area contributed by atoms with Crippen LogP contribution in [0.15, 0.2) is 179 Å². The lowest BCUT2D eigenvalue weighted by Gasteiger charge is -2.11. The van der Waals surface area contributed by atoms with Gasteiger partial charge in [-0.1, -0.05) is 133 Å². The summed E-state index contributed by atoms with van der Waals surface area (Å²) in [6.45, 7) is 0. The van der Waals surface area contributed by atoms with Crippen LogP contribution in [0.3, 0.4) is 0 Å². The van der Waals surface area contributed by atoms with E-state index in [0.29, 0.717) is 5.82 Å². The second kappa shape index (κ2) is 11.4. The smallest absolute Gasteiger partial charge is 0.160 e. The molecule has 0 spiro atoms. The Morgan fingerprint density at radius 2 is 0.880 bits per heavy atom. The number of aromatic nitrogens is 2. The number of nitrogens with zero attached hydrogens (tertiary/aromatic N) is 2. The number of fused-ring (bicyclic) bond motifs is 6. The van der Waals surface area contributed by atoms with E-state index in [0.717, 1.165) is 88.6 Å². The highest BCUT2D eigenvalue weighted by Crippen LogP contribution is 2.38. The highest BCUT2D eigenvalue weighted by Gasteiger charge is 2.16. The molecule has 0 unspecified atom stereocenters. The molecule has 0 N–H and O–H groups in total. The molecule has 0 fully saturated rings. The fraction of sp³-hybridized carbons (Fsp3) is 0. The summed E-state index contributed by atoms with van der Waals surface area (Å²) in [7, 11) is 0. The van der Waals surface area contributed by atoms with E-state index in [9.17, 15) is 0 Å². The van der Waals surface area contributed by atoms with Gasteiger partial charge >= 0.3 is 0 Å². The molecule has 0 saturated carbocycles. The van der Waals surface area contributed by atoms with E-state index in [1.54, 1.807) is 0 Å². The van der Waals surface area contributed by atoms with Gasteiger partial charge in [-0.3, -0.25) is 0 Å². The minimum Gasteiger partial charge on any atom is -0.456 e. The summed E-state index contributed by atoms with van der Waals surface area (Å²) in [5, 5.41) is 4.39. The zero-order valence-corrected chi connectivity index (χ0v) is 26.9. The molecule has 3 aromatic heterocycles. The molecule has 4 heteroatoms. The molecule has 0 saturated heterocycles. The van der Waals surface area contributed by atoms with Gasteiger partial charge in [0.15, 0.2) is 5.82 Å². The van der Waals surface area contributed by atoms with Gasteiger partial charge in [0.1, 0.15) is 22.3 Å². The molecule has 10 aromatic rings. The molecule has 0 amide bonds. The SMILES string of the molecule is c1ccc(-c2ccc(-c3cc(-c4cccc(-c5cccc6c5oc5ccccc56)c4)nc(-c4ccc5c(c4)oc4ccccc45)n3)cc2)cc1. The fourth-order valence-corrected chi connectivity index (χ4v) is 7.02. The molecule has 0 radical (unpaired) electrons.